The third kappa shape index (κ3) is 2.59. The maximum Gasteiger partial charge on any atom is 0.327 e. The number of thiophene rings is 1. The van der Waals surface area contributed by atoms with Crippen molar-refractivity contribution in [2.75, 3.05) is 26.2 Å². The van der Waals surface area contributed by atoms with Gasteiger partial charge in [-0.2, -0.15) is 0 Å². The minimum absolute atomic E-state index is 0.0753. The number of nitrogens with zero attached hydrogens (tertiary/aromatic N) is 3. The zero-order chi connectivity index (χ0) is 18.3. The first-order chi connectivity index (χ1) is 12.6. The van der Waals surface area contributed by atoms with Crippen molar-refractivity contribution in [2.24, 2.45) is 0 Å². The fraction of sp³-hybridized carbons (Fsp3) is 0.316. The maximum atomic E-state index is 13.1. The van der Waals surface area contributed by atoms with Crippen LogP contribution < -0.4 is 0 Å². The fourth-order valence-electron chi connectivity index (χ4n) is 3.59. The zero-order valence-electron chi connectivity index (χ0n) is 14.4. The lowest BCUT2D eigenvalue weighted by Gasteiger charge is -2.35. The maximum absolute atomic E-state index is 13.1. The smallest absolute Gasteiger partial charge is 0.327 e. The van der Waals surface area contributed by atoms with Gasteiger partial charge < -0.3 is 9.80 Å². The third-order valence-electron chi connectivity index (χ3n) is 4.96. The first-order valence-corrected chi connectivity index (χ1v) is 9.54. The molecule has 1 aromatic carbocycles. The Bertz CT molecular complexity index is 864. The Morgan fingerprint density at radius 1 is 1.15 bits per heavy atom. The van der Waals surface area contributed by atoms with Gasteiger partial charge in [0.1, 0.15) is 6.04 Å². The topological polar surface area (TPSA) is 60.9 Å². The number of imide groups is 1. The van der Waals surface area contributed by atoms with Crippen molar-refractivity contribution in [2.45, 2.75) is 13.0 Å². The van der Waals surface area contributed by atoms with Crippen LogP contribution in [0.4, 0.5) is 4.79 Å². The van der Waals surface area contributed by atoms with Crippen LogP contribution in [-0.4, -0.2) is 64.8 Å². The number of urea groups is 1. The van der Waals surface area contributed by atoms with Crippen LogP contribution in [0, 0.1) is 0 Å². The van der Waals surface area contributed by atoms with E-state index >= 15 is 0 Å². The highest BCUT2D eigenvalue weighted by molar-refractivity contribution is 7.12. The lowest BCUT2D eigenvalue weighted by molar-refractivity contribution is -0.129. The van der Waals surface area contributed by atoms with Gasteiger partial charge >= 0.3 is 6.03 Å². The lowest BCUT2D eigenvalue weighted by Crippen LogP contribution is -2.54. The van der Waals surface area contributed by atoms with Gasteiger partial charge in [-0.3, -0.25) is 14.5 Å². The van der Waals surface area contributed by atoms with E-state index in [4.69, 9.17) is 0 Å². The summed E-state index contributed by atoms with van der Waals surface area (Å²) in [5, 5.41) is 1.91. The van der Waals surface area contributed by atoms with E-state index in [9.17, 15) is 14.4 Å². The Kier molecular flexibility index (Phi) is 4.24. The first kappa shape index (κ1) is 16.8. The molecule has 4 amide bonds. The number of hydrogen-bond acceptors (Lipinski definition) is 4. The summed E-state index contributed by atoms with van der Waals surface area (Å²) in [6, 6.07) is 11.0. The number of carbonyl (C=O) groups excluding carboxylic acids is 3. The number of fused-ring (bicyclic) bond motifs is 1. The molecule has 1 unspecified atom stereocenters. The molecular weight excluding hydrogens is 350 g/mol. The minimum Gasteiger partial charge on any atom is -0.334 e. The highest BCUT2D eigenvalue weighted by atomic mass is 32.1. The summed E-state index contributed by atoms with van der Waals surface area (Å²) >= 11 is 1.41. The Labute approximate surface area is 155 Å². The predicted molar refractivity (Wildman–Crippen MR) is 98.9 cm³/mol. The van der Waals surface area contributed by atoms with Crippen LogP contribution in [0.5, 0.6) is 0 Å². The summed E-state index contributed by atoms with van der Waals surface area (Å²) in [5.41, 5.74) is 1.91. The van der Waals surface area contributed by atoms with Gasteiger partial charge in [0.05, 0.1) is 11.4 Å². The number of likely N-dealkylation sites (N-methyl/N-ethyl adjacent to an activating group) is 1. The number of benzene rings is 1. The van der Waals surface area contributed by atoms with E-state index in [-0.39, 0.29) is 24.4 Å². The molecule has 3 heterocycles. The first-order valence-electron chi connectivity index (χ1n) is 8.66. The van der Waals surface area contributed by atoms with Crippen molar-refractivity contribution in [3.05, 3.63) is 46.7 Å². The van der Waals surface area contributed by atoms with Crippen molar-refractivity contribution in [1.29, 1.82) is 0 Å². The Morgan fingerprint density at radius 3 is 2.65 bits per heavy atom. The molecule has 0 spiro atoms. The van der Waals surface area contributed by atoms with E-state index in [0.717, 1.165) is 11.1 Å². The van der Waals surface area contributed by atoms with E-state index in [1.165, 1.54) is 16.2 Å². The Hall–Kier alpha value is -2.67. The Morgan fingerprint density at radius 2 is 1.92 bits per heavy atom. The van der Waals surface area contributed by atoms with E-state index in [1.54, 1.807) is 16.7 Å². The standard InChI is InChI=1S/C19H19N3O3S/c1-2-21-17(23)15-12-20(9-10-22(15)19(21)25)18(24)16-14(8-11-26-16)13-6-4-3-5-7-13/h3-8,11,15H,2,9-10,12H2,1H3. The summed E-state index contributed by atoms with van der Waals surface area (Å²) in [5.74, 6) is -0.279. The van der Waals surface area contributed by atoms with Crippen molar-refractivity contribution in [1.82, 2.24) is 14.7 Å². The average Bonchev–Trinajstić information content (AvgIpc) is 3.25. The van der Waals surface area contributed by atoms with E-state index in [0.29, 0.717) is 24.5 Å². The molecule has 0 N–H and O–H groups in total. The van der Waals surface area contributed by atoms with Crippen molar-refractivity contribution < 1.29 is 14.4 Å². The summed E-state index contributed by atoms with van der Waals surface area (Å²) in [4.78, 5) is 43.0. The van der Waals surface area contributed by atoms with Crippen LogP contribution >= 0.6 is 11.3 Å². The molecule has 0 radical (unpaired) electrons. The highest BCUT2D eigenvalue weighted by Crippen LogP contribution is 2.30. The third-order valence-corrected chi connectivity index (χ3v) is 5.86. The molecule has 1 atom stereocenters. The molecule has 26 heavy (non-hydrogen) atoms. The largest absolute Gasteiger partial charge is 0.334 e. The van der Waals surface area contributed by atoms with E-state index < -0.39 is 6.04 Å². The van der Waals surface area contributed by atoms with Gasteiger partial charge in [0, 0.05) is 25.2 Å². The molecule has 4 rings (SSSR count). The van der Waals surface area contributed by atoms with Crippen LogP contribution in [0.25, 0.3) is 11.1 Å². The molecule has 6 nitrogen and oxygen atoms in total. The van der Waals surface area contributed by atoms with Gasteiger partial charge in [0.15, 0.2) is 0 Å². The average molecular weight is 369 g/mol. The van der Waals surface area contributed by atoms with Crippen LogP contribution in [0.2, 0.25) is 0 Å². The summed E-state index contributed by atoms with van der Waals surface area (Å²) in [7, 11) is 0. The molecular formula is C19H19N3O3S. The van der Waals surface area contributed by atoms with Crippen LogP contribution in [0.1, 0.15) is 16.6 Å². The normalized spacial score (nSPS) is 19.9. The molecule has 2 aliphatic heterocycles. The van der Waals surface area contributed by atoms with Gasteiger partial charge in [0.25, 0.3) is 11.8 Å². The minimum atomic E-state index is -0.555. The summed E-state index contributed by atoms with van der Waals surface area (Å²) in [6.45, 7) is 3.24. The van der Waals surface area contributed by atoms with Crippen molar-refractivity contribution >= 4 is 29.2 Å². The molecule has 0 saturated carbocycles. The second-order valence-corrected chi connectivity index (χ2v) is 7.27. The number of rotatable bonds is 3. The van der Waals surface area contributed by atoms with E-state index in [2.05, 4.69) is 0 Å². The number of carbonyl (C=O) groups is 3. The van der Waals surface area contributed by atoms with Gasteiger partial charge in [-0.15, -0.1) is 11.3 Å². The predicted octanol–water partition coefficient (Wildman–Crippen LogP) is 2.52. The monoisotopic (exact) mass is 369 g/mol. The molecule has 0 bridgehead atoms. The molecule has 7 heteroatoms. The van der Waals surface area contributed by atoms with Crippen LogP contribution in [0.15, 0.2) is 41.8 Å². The molecule has 2 saturated heterocycles. The van der Waals surface area contributed by atoms with Gasteiger partial charge in [-0.05, 0) is 23.9 Å². The quantitative estimate of drug-likeness (QED) is 0.781. The number of hydrogen-bond donors (Lipinski definition) is 0. The van der Waals surface area contributed by atoms with Gasteiger partial charge in [0.2, 0.25) is 0 Å². The summed E-state index contributed by atoms with van der Waals surface area (Å²) in [6.07, 6.45) is 0. The molecule has 134 valence electrons. The molecule has 1 aromatic heterocycles. The number of amides is 4. The van der Waals surface area contributed by atoms with Gasteiger partial charge in [-0.1, -0.05) is 30.3 Å². The zero-order valence-corrected chi connectivity index (χ0v) is 15.2. The van der Waals surface area contributed by atoms with Gasteiger partial charge in [-0.25, -0.2) is 4.79 Å². The van der Waals surface area contributed by atoms with Crippen molar-refractivity contribution in [3.63, 3.8) is 0 Å². The lowest BCUT2D eigenvalue weighted by atomic mass is 10.1. The fourth-order valence-corrected chi connectivity index (χ4v) is 4.47. The van der Waals surface area contributed by atoms with E-state index in [1.807, 2.05) is 41.8 Å². The molecule has 2 aromatic rings. The van der Waals surface area contributed by atoms with Crippen LogP contribution in [0.3, 0.4) is 0 Å². The second-order valence-electron chi connectivity index (χ2n) is 6.35. The Balaban J connectivity index is 1.57. The molecule has 2 fully saturated rings. The SMILES string of the molecule is CCN1C(=O)C2CN(C(=O)c3sccc3-c3ccccc3)CCN2C1=O. The van der Waals surface area contributed by atoms with Crippen LogP contribution in [-0.2, 0) is 4.79 Å². The molecule has 2 aliphatic rings. The summed E-state index contributed by atoms with van der Waals surface area (Å²) < 4.78 is 0. The molecule has 0 aliphatic carbocycles. The highest BCUT2D eigenvalue weighted by Gasteiger charge is 2.47. The van der Waals surface area contributed by atoms with Crippen molar-refractivity contribution in [3.8, 4) is 11.1 Å². The second kappa shape index (κ2) is 6.57. The number of piperazine rings is 1.